The number of hydrogen-bond acceptors (Lipinski definition) is 7. The van der Waals surface area contributed by atoms with Crippen LogP contribution in [0.4, 0.5) is 5.82 Å². The Balaban J connectivity index is 2.04. The Labute approximate surface area is 169 Å². The Morgan fingerprint density at radius 1 is 1.31 bits per heavy atom. The van der Waals surface area contributed by atoms with Gasteiger partial charge in [0.25, 0.3) is 5.91 Å². The van der Waals surface area contributed by atoms with E-state index in [0.717, 1.165) is 11.1 Å². The van der Waals surface area contributed by atoms with Crippen molar-refractivity contribution in [1.29, 1.82) is 5.26 Å². The van der Waals surface area contributed by atoms with Gasteiger partial charge in [-0.05, 0) is 36.5 Å². The van der Waals surface area contributed by atoms with Gasteiger partial charge in [-0.2, -0.15) is 19.3 Å². The molecule has 10 heteroatoms. The van der Waals surface area contributed by atoms with Crippen LogP contribution in [0.1, 0.15) is 36.2 Å². The highest BCUT2D eigenvalue weighted by Crippen LogP contribution is 2.32. The van der Waals surface area contributed by atoms with Crippen molar-refractivity contribution in [3.05, 3.63) is 35.5 Å². The molecule has 0 spiro atoms. The van der Waals surface area contributed by atoms with E-state index in [2.05, 4.69) is 5.10 Å². The highest BCUT2D eigenvalue weighted by atomic mass is 32.2. The Morgan fingerprint density at radius 2 is 1.97 bits per heavy atom. The predicted octanol–water partition coefficient (Wildman–Crippen LogP) is 1.70. The molecule has 2 heterocycles. The van der Waals surface area contributed by atoms with Crippen molar-refractivity contribution in [2.45, 2.75) is 25.2 Å². The first-order valence-electron chi connectivity index (χ1n) is 9.15. The molecule has 0 radical (unpaired) electrons. The number of carbonyl (C=O) groups is 1. The number of carbonyl (C=O) groups excluding carboxylic acids is 1. The van der Waals surface area contributed by atoms with Gasteiger partial charge in [0.05, 0.1) is 13.3 Å². The van der Waals surface area contributed by atoms with Crippen LogP contribution in [-0.4, -0.2) is 48.6 Å². The van der Waals surface area contributed by atoms with Gasteiger partial charge in [-0.15, -0.1) is 0 Å². The maximum absolute atomic E-state index is 13.3. The maximum atomic E-state index is 13.3. The molecule has 1 aromatic heterocycles. The van der Waals surface area contributed by atoms with E-state index >= 15 is 0 Å². The number of piperidine rings is 1. The fourth-order valence-corrected chi connectivity index (χ4v) is 5.54. The highest BCUT2D eigenvalue weighted by molar-refractivity contribution is 7.89. The number of nitrogen functional groups attached to an aromatic ring is 1. The number of nitrogens with zero attached hydrogens (tertiary/aromatic N) is 4. The van der Waals surface area contributed by atoms with Crippen LogP contribution in [0.3, 0.4) is 0 Å². The van der Waals surface area contributed by atoms with Gasteiger partial charge in [0.1, 0.15) is 28.1 Å². The third-order valence-electron chi connectivity index (χ3n) is 4.98. The predicted molar refractivity (Wildman–Crippen MR) is 106 cm³/mol. The lowest BCUT2D eigenvalue weighted by Gasteiger charge is -2.34. The molecule has 0 bridgehead atoms. The molecule has 3 rings (SSSR count). The van der Waals surface area contributed by atoms with Crippen molar-refractivity contribution in [2.24, 2.45) is 11.8 Å². The molecule has 2 N–H and O–H groups in total. The van der Waals surface area contributed by atoms with E-state index in [0.29, 0.717) is 13.1 Å². The fourth-order valence-electron chi connectivity index (χ4n) is 3.68. The van der Waals surface area contributed by atoms with Crippen molar-refractivity contribution in [3.63, 3.8) is 0 Å². The van der Waals surface area contributed by atoms with Crippen LogP contribution >= 0.6 is 0 Å². The number of aromatic nitrogens is 2. The Hall–Kier alpha value is -2.90. The second-order valence-electron chi connectivity index (χ2n) is 7.41. The number of nitriles is 1. The van der Waals surface area contributed by atoms with E-state index in [1.165, 1.54) is 35.8 Å². The number of methoxy groups -OCH3 is 1. The standard InChI is InChI=1S/C19H23N5O4S/c1-12-6-13(2)11-23(10-12)29(26,27)17-7-14(4-5-16(17)28-3)19(25)24-18(21)15(8-20)9-22-24/h4-5,7,9,12-13H,6,10-11,21H2,1-3H3. The van der Waals surface area contributed by atoms with E-state index < -0.39 is 15.9 Å². The summed E-state index contributed by atoms with van der Waals surface area (Å²) in [5.74, 6) is -0.117. The lowest BCUT2D eigenvalue weighted by Crippen LogP contribution is -2.42. The summed E-state index contributed by atoms with van der Waals surface area (Å²) in [5.41, 5.74) is 5.92. The summed E-state index contributed by atoms with van der Waals surface area (Å²) in [6.45, 7) is 4.85. The van der Waals surface area contributed by atoms with Crippen LogP contribution in [0, 0.1) is 23.2 Å². The first-order valence-corrected chi connectivity index (χ1v) is 10.6. The van der Waals surface area contributed by atoms with Crippen LogP contribution in [0.15, 0.2) is 29.3 Å². The van der Waals surface area contributed by atoms with E-state index in [1.807, 2.05) is 19.9 Å². The van der Waals surface area contributed by atoms with Crippen molar-refractivity contribution in [2.75, 3.05) is 25.9 Å². The van der Waals surface area contributed by atoms with Crippen molar-refractivity contribution >= 4 is 21.7 Å². The molecule has 2 atom stereocenters. The molecule has 9 nitrogen and oxygen atoms in total. The molecule has 2 unspecified atom stereocenters. The summed E-state index contributed by atoms with van der Waals surface area (Å²) in [4.78, 5) is 12.7. The Bertz CT molecular complexity index is 1080. The normalized spacial score (nSPS) is 20.2. The van der Waals surface area contributed by atoms with E-state index in [9.17, 15) is 13.2 Å². The van der Waals surface area contributed by atoms with Crippen LogP contribution in [0.2, 0.25) is 0 Å². The van der Waals surface area contributed by atoms with Crippen LogP contribution in [0.5, 0.6) is 5.75 Å². The lowest BCUT2D eigenvalue weighted by atomic mass is 9.94. The largest absolute Gasteiger partial charge is 0.495 e. The first kappa shape index (κ1) is 20.8. The molecule has 0 aliphatic carbocycles. The zero-order valence-corrected chi connectivity index (χ0v) is 17.3. The number of sulfonamides is 1. The third kappa shape index (κ3) is 3.83. The molecule has 154 valence electrons. The summed E-state index contributed by atoms with van der Waals surface area (Å²) >= 11 is 0. The van der Waals surface area contributed by atoms with Gasteiger partial charge in [0, 0.05) is 18.7 Å². The molecule has 1 aromatic carbocycles. The summed E-state index contributed by atoms with van der Waals surface area (Å²) in [5, 5.41) is 12.8. The average Bonchev–Trinajstić information content (AvgIpc) is 3.06. The molecule has 1 saturated heterocycles. The van der Waals surface area contributed by atoms with Gasteiger partial charge in [-0.1, -0.05) is 13.8 Å². The SMILES string of the molecule is COc1ccc(C(=O)n2ncc(C#N)c2N)cc1S(=O)(=O)N1CC(C)CC(C)C1. The van der Waals surface area contributed by atoms with Gasteiger partial charge in [-0.25, -0.2) is 8.42 Å². The number of rotatable bonds is 4. The molecule has 2 aromatic rings. The van der Waals surface area contributed by atoms with Gasteiger partial charge < -0.3 is 10.5 Å². The van der Waals surface area contributed by atoms with Gasteiger partial charge >= 0.3 is 0 Å². The zero-order chi connectivity index (χ0) is 21.3. The molecule has 1 aliphatic heterocycles. The second kappa shape index (κ2) is 7.85. The lowest BCUT2D eigenvalue weighted by molar-refractivity contribution is 0.0947. The Kier molecular flexibility index (Phi) is 5.64. The molecule has 0 saturated carbocycles. The Morgan fingerprint density at radius 3 is 2.52 bits per heavy atom. The molecule has 1 fully saturated rings. The van der Waals surface area contributed by atoms with Gasteiger partial charge in [-0.3, -0.25) is 4.79 Å². The average molecular weight is 417 g/mol. The topological polar surface area (TPSA) is 131 Å². The highest BCUT2D eigenvalue weighted by Gasteiger charge is 2.34. The summed E-state index contributed by atoms with van der Waals surface area (Å²) in [6.07, 6.45) is 2.15. The maximum Gasteiger partial charge on any atom is 0.280 e. The number of anilines is 1. The first-order chi connectivity index (χ1) is 13.7. The van der Waals surface area contributed by atoms with E-state index in [-0.39, 0.29) is 39.4 Å². The number of nitrogens with two attached hydrogens (primary N) is 1. The van der Waals surface area contributed by atoms with Crippen LogP contribution in [-0.2, 0) is 10.0 Å². The number of ether oxygens (including phenoxy) is 1. The molecular formula is C19H23N5O4S. The minimum atomic E-state index is -3.88. The summed E-state index contributed by atoms with van der Waals surface area (Å²) in [7, 11) is -2.50. The van der Waals surface area contributed by atoms with E-state index in [4.69, 9.17) is 15.7 Å². The van der Waals surface area contributed by atoms with Crippen molar-refractivity contribution in [3.8, 4) is 11.8 Å². The van der Waals surface area contributed by atoms with Crippen LogP contribution < -0.4 is 10.5 Å². The minimum Gasteiger partial charge on any atom is -0.495 e. The summed E-state index contributed by atoms with van der Waals surface area (Å²) < 4.78 is 34.2. The number of hydrogen-bond donors (Lipinski definition) is 1. The van der Waals surface area contributed by atoms with Gasteiger partial charge in [0.2, 0.25) is 10.0 Å². The molecular weight excluding hydrogens is 394 g/mol. The van der Waals surface area contributed by atoms with Crippen LogP contribution in [0.25, 0.3) is 0 Å². The van der Waals surface area contributed by atoms with Gasteiger partial charge in [0.15, 0.2) is 0 Å². The second-order valence-corrected chi connectivity index (χ2v) is 9.31. The molecule has 29 heavy (non-hydrogen) atoms. The van der Waals surface area contributed by atoms with Crippen molar-refractivity contribution < 1.29 is 17.9 Å². The monoisotopic (exact) mass is 417 g/mol. The minimum absolute atomic E-state index is 0.0657. The molecule has 1 aliphatic rings. The fraction of sp³-hybridized carbons (Fsp3) is 0.421. The summed E-state index contributed by atoms with van der Waals surface area (Å²) in [6, 6.07) is 5.99. The smallest absolute Gasteiger partial charge is 0.280 e. The quantitative estimate of drug-likeness (QED) is 0.801. The van der Waals surface area contributed by atoms with E-state index in [1.54, 1.807) is 0 Å². The zero-order valence-electron chi connectivity index (χ0n) is 16.5. The molecule has 0 amide bonds. The van der Waals surface area contributed by atoms with Crippen molar-refractivity contribution in [1.82, 2.24) is 14.1 Å². The third-order valence-corrected chi connectivity index (χ3v) is 6.84. The number of benzene rings is 1.